The predicted molar refractivity (Wildman–Crippen MR) is 127 cm³/mol. The van der Waals surface area contributed by atoms with Gasteiger partial charge in [0.2, 0.25) is 5.82 Å². The molecular formula is C24H33F2N3O3S. The van der Waals surface area contributed by atoms with Crippen molar-refractivity contribution in [2.24, 2.45) is 5.41 Å². The molecule has 0 atom stereocenters. The summed E-state index contributed by atoms with van der Waals surface area (Å²) in [7, 11) is 0. The number of hydrogen-bond donors (Lipinski definition) is 1. The van der Waals surface area contributed by atoms with Crippen molar-refractivity contribution in [1.29, 1.82) is 0 Å². The summed E-state index contributed by atoms with van der Waals surface area (Å²) in [4.78, 5) is 18.9. The molecule has 0 bridgehead atoms. The van der Waals surface area contributed by atoms with E-state index in [0.717, 1.165) is 50.0 Å². The molecule has 1 N–H and O–H groups in total. The Morgan fingerprint density at radius 1 is 1.27 bits per heavy atom. The Kier molecular flexibility index (Phi) is 9.02. The fourth-order valence-electron chi connectivity index (χ4n) is 3.95. The molecule has 1 aliphatic heterocycles. The Morgan fingerprint density at radius 3 is 2.76 bits per heavy atom. The second-order valence-corrected chi connectivity index (χ2v) is 9.85. The first-order valence-corrected chi connectivity index (χ1v) is 12.3. The van der Waals surface area contributed by atoms with Crippen molar-refractivity contribution in [3.05, 3.63) is 29.1 Å². The van der Waals surface area contributed by atoms with Crippen molar-refractivity contribution in [3.8, 4) is 17.0 Å². The first-order chi connectivity index (χ1) is 15.8. The Balaban J connectivity index is 1.61. The van der Waals surface area contributed by atoms with E-state index in [4.69, 9.17) is 9.47 Å². The maximum atomic E-state index is 14.6. The summed E-state index contributed by atoms with van der Waals surface area (Å²) >= 11 is 1.42. The number of aromatic nitrogens is 1. The van der Waals surface area contributed by atoms with Crippen molar-refractivity contribution in [2.75, 3.05) is 44.4 Å². The zero-order valence-corrected chi connectivity index (χ0v) is 20.4. The standard InChI is InChI=1S/C24H33F2N3O3S/c1-4-8-24(2,3)9-5-10-27-20(30)15-32-22-17(6-7-18(25)21(22)26)19-16-33-23(28-19)29-11-13-31-14-12-29/h6-7,16H,4-5,8-15H2,1-3H3,(H,27,30). The monoisotopic (exact) mass is 481 g/mol. The molecule has 6 nitrogen and oxygen atoms in total. The highest BCUT2D eigenvalue weighted by Gasteiger charge is 2.22. The molecule has 33 heavy (non-hydrogen) atoms. The highest BCUT2D eigenvalue weighted by molar-refractivity contribution is 7.14. The number of benzene rings is 1. The third-order valence-corrected chi connectivity index (χ3v) is 6.63. The van der Waals surface area contributed by atoms with Crippen LogP contribution in [-0.2, 0) is 9.53 Å². The number of nitrogens with one attached hydrogen (secondary N) is 1. The minimum Gasteiger partial charge on any atom is -0.480 e. The minimum atomic E-state index is -1.12. The van der Waals surface area contributed by atoms with E-state index >= 15 is 0 Å². The smallest absolute Gasteiger partial charge is 0.257 e. The summed E-state index contributed by atoms with van der Waals surface area (Å²) in [6, 6.07) is 2.48. The van der Waals surface area contributed by atoms with Crippen LogP contribution < -0.4 is 15.0 Å². The molecule has 0 spiro atoms. The maximum Gasteiger partial charge on any atom is 0.257 e. The average molecular weight is 482 g/mol. The molecule has 0 radical (unpaired) electrons. The molecule has 1 saturated heterocycles. The number of thiazole rings is 1. The number of amides is 1. The van der Waals surface area contributed by atoms with Gasteiger partial charge in [-0.25, -0.2) is 9.37 Å². The highest BCUT2D eigenvalue weighted by atomic mass is 32.1. The van der Waals surface area contributed by atoms with Crippen LogP contribution in [0.15, 0.2) is 17.5 Å². The zero-order valence-electron chi connectivity index (χ0n) is 19.6. The predicted octanol–water partition coefficient (Wildman–Crippen LogP) is 5.03. The lowest BCUT2D eigenvalue weighted by atomic mass is 9.83. The minimum absolute atomic E-state index is 0.239. The number of nitrogens with zero attached hydrogens (tertiary/aromatic N) is 2. The van der Waals surface area contributed by atoms with E-state index in [-0.39, 0.29) is 17.1 Å². The van der Waals surface area contributed by atoms with Crippen molar-refractivity contribution in [1.82, 2.24) is 10.3 Å². The van der Waals surface area contributed by atoms with E-state index in [1.165, 1.54) is 17.4 Å². The van der Waals surface area contributed by atoms with Crippen molar-refractivity contribution < 1.29 is 23.0 Å². The molecule has 1 aromatic heterocycles. The van der Waals surface area contributed by atoms with Crippen LogP contribution in [0.4, 0.5) is 13.9 Å². The van der Waals surface area contributed by atoms with Gasteiger partial charge in [0.05, 0.1) is 18.9 Å². The van der Waals surface area contributed by atoms with Crippen LogP contribution in [0, 0.1) is 17.0 Å². The van der Waals surface area contributed by atoms with Gasteiger partial charge in [-0.2, -0.15) is 4.39 Å². The van der Waals surface area contributed by atoms with E-state index in [1.54, 1.807) is 5.38 Å². The van der Waals surface area contributed by atoms with Gasteiger partial charge < -0.3 is 19.7 Å². The fraction of sp³-hybridized carbons (Fsp3) is 0.583. The number of carbonyl (C=O) groups is 1. The molecule has 1 fully saturated rings. The molecule has 0 unspecified atom stereocenters. The zero-order chi connectivity index (χ0) is 23.8. The van der Waals surface area contributed by atoms with Crippen LogP contribution in [0.5, 0.6) is 5.75 Å². The highest BCUT2D eigenvalue weighted by Crippen LogP contribution is 2.36. The number of morpholine rings is 1. The van der Waals surface area contributed by atoms with Crippen LogP contribution in [0.25, 0.3) is 11.3 Å². The van der Waals surface area contributed by atoms with E-state index in [9.17, 15) is 13.6 Å². The summed E-state index contributed by atoms with van der Waals surface area (Å²) in [6.45, 7) is 9.43. The number of hydrogen-bond acceptors (Lipinski definition) is 6. The maximum absolute atomic E-state index is 14.6. The van der Waals surface area contributed by atoms with Crippen LogP contribution in [0.2, 0.25) is 0 Å². The Labute approximate surface area is 198 Å². The lowest BCUT2D eigenvalue weighted by molar-refractivity contribution is -0.123. The summed E-state index contributed by atoms with van der Waals surface area (Å²) in [6.07, 6.45) is 4.11. The second-order valence-electron chi connectivity index (χ2n) is 9.01. The molecule has 2 heterocycles. The van der Waals surface area contributed by atoms with Gasteiger partial charge in [-0.3, -0.25) is 4.79 Å². The molecule has 2 aromatic rings. The van der Waals surface area contributed by atoms with Crippen molar-refractivity contribution in [2.45, 2.75) is 46.5 Å². The Bertz CT molecular complexity index is 930. The SMILES string of the molecule is CCCC(C)(C)CCCNC(=O)COc1c(-c2csc(N3CCOCC3)n2)ccc(F)c1F. The number of anilines is 1. The molecule has 0 aliphatic carbocycles. The Morgan fingerprint density at radius 2 is 2.03 bits per heavy atom. The normalized spacial score (nSPS) is 14.4. The number of rotatable bonds is 11. The van der Waals surface area contributed by atoms with E-state index < -0.39 is 18.2 Å². The average Bonchev–Trinajstić information content (AvgIpc) is 3.28. The van der Waals surface area contributed by atoms with Gasteiger partial charge in [0.25, 0.3) is 5.91 Å². The third kappa shape index (κ3) is 7.11. The van der Waals surface area contributed by atoms with Crippen LogP contribution in [-0.4, -0.2) is 50.3 Å². The van der Waals surface area contributed by atoms with Crippen LogP contribution in [0.1, 0.15) is 46.5 Å². The van der Waals surface area contributed by atoms with Gasteiger partial charge in [-0.1, -0.05) is 27.2 Å². The topological polar surface area (TPSA) is 63.7 Å². The lowest BCUT2D eigenvalue weighted by Crippen LogP contribution is -2.36. The largest absolute Gasteiger partial charge is 0.480 e. The summed E-state index contributed by atoms with van der Waals surface area (Å²) < 4.78 is 39.3. The molecular weight excluding hydrogens is 448 g/mol. The number of carbonyl (C=O) groups excluding carboxylic acids is 1. The molecule has 1 aliphatic rings. The summed E-state index contributed by atoms with van der Waals surface area (Å²) in [5.41, 5.74) is 1.04. The summed E-state index contributed by atoms with van der Waals surface area (Å²) in [5.74, 6) is -2.82. The molecule has 1 amide bonds. The second kappa shape index (κ2) is 11.7. The quantitative estimate of drug-likeness (QED) is 0.456. The molecule has 0 saturated carbocycles. The Hall–Kier alpha value is -2.26. The molecule has 9 heteroatoms. The number of ether oxygens (including phenoxy) is 2. The fourth-order valence-corrected chi connectivity index (χ4v) is 4.83. The third-order valence-electron chi connectivity index (χ3n) is 5.73. The summed E-state index contributed by atoms with van der Waals surface area (Å²) in [5, 5.41) is 5.36. The van der Waals surface area contributed by atoms with Crippen LogP contribution >= 0.6 is 11.3 Å². The first kappa shape index (κ1) is 25.4. The van der Waals surface area contributed by atoms with Gasteiger partial charge >= 0.3 is 0 Å². The van der Waals surface area contributed by atoms with Crippen molar-refractivity contribution >= 4 is 22.4 Å². The van der Waals surface area contributed by atoms with E-state index in [0.29, 0.717) is 31.0 Å². The van der Waals surface area contributed by atoms with E-state index in [1.807, 2.05) is 0 Å². The van der Waals surface area contributed by atoms with Gasteiger partial charge in [0.1, 0.15) is 0 Å². The van der Waals surface area contributed by atoms with Gasteiger partial charge in [-0.05, 0) is 36.8 Å². The van der Waals surface area contributed by atoms with Crippen molar-refractivity contribution in [3.63, 3.8) is 0 Å². The van der Waals surface area contributed by atoms with E-state index in [2.05, 4.69) is 36.0 Å². The molecule has 182 valence electrons. The van der Waals surface area contributed by atoms with Gasteiger partial charge in [-0.15, -0.1) is 11.3 Å². The molecule has 3 rings (SSSR count). The number of halogens is 2. The van der Waals surface area contributed by atoms with Gasteiger partial charge in [0.15, 0.2) is 23.3 Å². The lowest BCUT2D eigenvalue weighted by Gasteiger charge is -2.26. The first-order valence-electron chi connectivity index (χ1n) is 11.5. The van der Waals surface area contributed by atoms with Gasteiger partial charge in [0, 0.05) is 30.6 Å². The molecule has 1 aromatic carbocycles. The van der Waals surface area contributed by atoms with Crippen LogP contribution in [0.3, 0.4) is 0 Å².